The maximum Gasteiger partial charge on any atom is 0.170 e. The summed E-state index contributed by atoms with van der Waals surface area (Å²) in [6.07, 6.45) is 2.77. The fourth-order valence-corrected chi connectivity index (χ4v) is 4.97. The summed E-state index contributed by atoms with van der Waals surface area (Å²) >= 11 is 5.78. The van der Waals surface area contributed by atoms with E-state index in [2.05, 4.69) is 76.9 Å². The summed E-state index contributed by atoms with van der Waals surface area (Å²) in [6, 6.07) is 17.0. The highest BCUT2D eigenvalue weighted by atomic mass is 32.1. The molecule has 6 heteroatoms. The van der Waals surface area contributed by atoms with Gasteiger partial charge in [-0.3, -0.25) is 4.98 Å². The van der Waals surface area contributed by atoms with E-state index >= 15 is 0 Å². The molecule has 1 saturated heterocycles. The van der Waals surface area contributed by atoms with E-state index in [4.69, 9.17) is 17.0 Å². The van der Waals surface area contributed by atoms with Gasteiger partial charge in [0.15, 0.2) is 5.11 Å². The van der Waals surface area contributed by atoms with Crippen molar-refractivity contribution in [3.8, 4) is 5.69 Å². The Labute approximate surface area is 190 Å². The average Bonchev–Trinajstić information content (AvgIpc) is 3.25. The van der Waals surface area contributed by atoms with E-state index in [1.54, 1.807) is 7.11 Å². The highest BCUT2D eigenvalue weighted by Gasteiger charge is 2.41. The molecule has 0 aliphatic carbocycles. The Balaban J connectivity index is 1.80. The van der Waals surface area contributed by atoms with Gasteiger partial charge in [0.05, 0.1) is 17.8 Å². The molecule has 1 N–H and O–H groups in total. The first kappa shape index (κ1) is 21.5. The number of hydrogen-bond acceptors (Lipinski definition) is 3. The number of benzene rings is 1. The number of aromatic nitrogens is 2. The van der Waals surface area contributed by atoms with Crippen LogP contribution in [0.2, 0.25) is 0 Å². The molecule has 2 aromatic heterocycles. The SMILES string of the molecule is COCCCN1C(=S)N[C@H](c2ccccn2)[C@H]1c1cc(C)n(-c2ccccc2C)c1C. The molecule has 1 aliphatic rings. The smallest absolute Gasteiger partial charge is 0.170 e. The zero-order valence-corrected chi connectivity index (χ0v) is 19.4. The topological polar surface area (TPSA) is 42.3 Å². The molecule has 5 nitrogen and oxygen atoms in total. The summed E-state index contributed by atoms with van der Waals surface area (Å²) in [7, 11) is 1.74. The van der Waals surface area contributed by atoms with Crippen LogP contribution in [0.4, 0.5) is 0 Å². The fraction of sp³-hybridized carbons (Fsp3) is 0.360. The number of hydrogen-bond donors (Lipinski definition) is 1. The van der Waals surface area contributed by atoms with Gasteiger partial charge in [-0.1, -0.05) is 24.3 Å². The Morgan fingerprint density at radius 3 is 2.58 bits per heavy atom. The second kappa shape index (κ2) is 9.20. The lowest BCUT2D eigenvalue weighted by Crippen LogP contribution is -2.31. The molecule has 4 rings (SSSR count). The van der Waals surface area contributed by atoms with Crippen LogP contribution in [-0.4, -0.2) is 39.8 Å². The van der Waals surface area contributed by atoms with E-state index in [0.29, 0.717) is 6.61 Å². The van der Waals surface area contributed by atoms with Crippen LogP contribution >= 0.6 is 12.2 Å². The number of aryl methyl sites for hydroxylation is 2. The third-order valence-corrected chi connectivity index (χ3v) is 6.44. The predicted molar refractivity (Wildman–Crippen MR) is 129 cm³/mol. The molecular formula is C25H30N4OS. The maximum atomic E-state index is 5.78. The third-order valence-electron chi connectivity index (χ3n) is 6.09. The van der Waals surface area contributed by atoms with Crippen LogP contribution in [0.25, 0.3) is 5.69 Å². The fourth-order valence-electron chi connectivity index (χ4n) is 4.64. The van der Waals surface area contributed by atoms with Gasteiger partial charge < -0.3 is 19.5 Å². The van der Waals surface area contributed by atoms with Crippen molar-refractivity contribution < 1.29 is 4.74 Å². The van der Waals surface area contributed by atoms with Crippen molar-refractivity contribution >= 4 is 17.3 Å². The second-order valence-electron chi connectivity index (χ2n) is 8.11. The lowest BCUT2D eigenvalue weighted by atomic mass is 9.96. The average molecular weight is 435 g/mol. The van der Waals surface area contributed by atoms with Gasteiger partial charge in [0.2, 0.25) is 0 Å². The molecule has 0 bridgehead atoms. The Morgan fingerprint density at radius 2 is 1.87 bits per heavy atom. The molecule has 2 atom stereocenters. The highest BCUT2D eigenvalue weighted by Crippen LogP contribution is 2.41. The number of nitrogens with zero attached hydrogens (tertiary/aromatic N) is 3. The summed E-state index contributed by atoms with van der Waals surface area (Å²) in [5, 5.41) is 4.32. The second-order valence-corrected chi connectivity index (χ2v) is 8.50. The van der Waals surface area contributed by atoms with E-state index in [1.807, 2.05) is 18.3 Å². The third kappa shape index (κ3) is 4.10. The summed E-state index contributed by atoms with van der Waals surface area (Å²) in [4.78, 5) is 6.96. The number of thiocarbonyl (C=S) groups is 1. The first-order valence-electron chi connectivity index (χ1n) is 10.7. The molecular weight excluding hydrogens is 404 g/mol. The van der Waals surface area contributed by atoms with Crippen molar-refractivity contribution in [3.63, 3.8) is 0 Å². The molecule has 3 heterocycles. The number of pyridine rings is 1. The number of nitrogens with one attached hydrogen (secondary N) is 1. The molecule has 0 amide bonds. The summed E-state index contributed by atoms with van der Waals surface area (Å²) in [5.74, 6) is 0. The van der Waals surface area contributed by atoms with Crippen LogP contribution in [-0.2, 0) is 4.74 Å². The predicted octanol–water partition coefficient (Wildman–Crippen LogP) is 4.81. The van der Waals surface area contributed by atoms with Crippen LogP contribution in [0.5, 0.6) is 0 Å². The van der Waals surface area contributed by atoms with Crippen molar-refractivity contribution in [1.82, 2.24) is 19.8 Å². The van der Waals surface area contributed by atoms with Crippen molar-refractivity contribution in [2.24, 2.45) is 0 Å². The minimum absolute atomic E-state index is 0.00191. The lowest BCUT2D eigenvalue weighted by Gasteiger charge is -2.28. The molecule has 1 fully saturated rings. The Morgan fingerprint density at radius 1 is 1.10 bits per heavy atom. The zero-order valence-electron chi connectivity index (χ0n) is 18.6. The van der Waals surface area contributed by atoms with E-state index in [1.165, 1.54) is 28.2 Å². The van der Waals surface area contributed by atoms with Crippen LogP contribution in [0.1, 0.15) is 46.7 Å². The molecule has 162 valence electrons. The molecule has 0 spiro atoms. The molecule has 0 unspecified atom stereocenters. The maximum absolute atomic E-state index is 5.78. The van der Waals surface area contributed by atoms with Gasteiger partial charge in [-0.15, -0.1) is 0 Å². The number of ether oxygens (including phenoxy) is 1. The minimum atomic E-state index is 0.00191. The summed E-state index contributed by atoms with van der Waals surface area (Å²) in [6.45, 7) is 8.09. The monoisotopic (exact) mass is 434 g/mol. The molecule has 31 heavy (non-hydrogen) atoms. The van der Waals surface area contributed by atoms with E-state index in [9.17, 15) is 0 Å². The van der Waals surface area contributed by atoms with Crippen molar-refractivity contribution in [1.29, 1.82) is 0 Å². The standard InChI is InChI=1S/C25H30N4OS/c1-17-10-5-6-12-22(17)29-18(2)16-20(19(29)3)24-23(21-11-7-8-13-26-21)27-25(31)28(24)14-9-15-30-4/h5-8,10-13,16,23-24H,9,14-15H2,1-4H3,(H,27,31)/t23-,24-/m1/s1. The van der Waals surface area contributed by atoms with Gasteiger partial charge in [0.1, 0.15) is 0 Å². The first-order chi connectivity index (χ1) is 15.0. The lowest BCUT2D eigenvalue weighted by molar-refractivity contribution is 0.180. The highest BCUT2D eigenvalue weighted by molar-refractivity contribution is 7.80. The van der Waals surface area contributed by atoms with E-state index in [0.717, 1.165) is 23.8 Å². The van der Waals surface area contributed by atoms with Gasteiger partial charge in [0, 0.05) is 43.5 Å². The molecule has 3 aromatic rings. The minimum Gasteiger partial charge on any atom is -0.385 e. The van der Waals surface area contributed by atoms with Gasteiger partial charge in [-0.25, -0.2) is 0 Å². The molecule has 0 radical (unpaired) electrons. The van der Waals surface area contributed by atoms with Gasteiger partial charge in [-0.2, -0.15) is 0 Å². The normalized spacial score (nSPS) is 18.5. The first-order valence-corrected chi connectivity index (χ1v) is 11.2. The number of rotatable bonds is 7. The molecule has 1 aromatic carbocycles. The van der Waals surface area contributed by atoms with Crippen molar-refractivity contribution in [2.75, 3.05) is 20.3 Å². The Hall–Kier alpha value is -2.70. The van der Waals surface area contributed by atoms with Crippen molar-refractivity contribution in [2.45, 2.75) is 39.3 Å². The summed E-state index contributed by atoms with van der Waals surface area (Å²) in [5.41, 5.74) is 7.22. The van der Waals surface area contributed by atoms with E-state index < -0.39 is 0 Å². The molecule has 0 saturated carbocycles. The zero-order chi connectivity index (χ0) is 22.0. The van der Waals surface area contributed by atoms with Gasteiger partial charge in [-0.05, 0) is 74.8 Å². The summed E-state index contributed by atoms with van der Waals surface area (Å²) < 4.78 is 7.66. The van der Waals surface area contributed by atoms with Crippen LogP contribution < -0.4 is 5.32 Å². The van der Waals surface area contributed by atoms with Gasteiger partial charge >= 0.3 is 0 Å². The van der Waals surface area contributed by atoms with Crippen LogP contribution in [0.15, 0.2) is 54.7 Å². The quantitative estimate of drug-likeness (QED) is 0.427. The molecule has 1 aliphatic heterocycles. The van der Waals surface area contributed by atoms with Crippen molar-refractivity contribution in [3.05, 3.63) is 82.9 Å². The number of para-hydroxylation sites is 1. The Bertz CT molecular complexity index is 1060. The van der Waals surface area contributed by atoms with Crippen LogP contribution in [0, 0.1) is 20.8 Å². The Kier molecular flexibility index (Phi) is 6.39. The van der Waals surface area contributed by atoms with E-state index in [-0.39, 0.29) is 12.1 Å². The largest absolute Gasteiger partial charge is 0.385 e. The van der Waals surface area contributed by atoms with Gasteiger partial charge in [0.25, 0.3) is 0 Å². The van der Waals surface area contributed by atoms with Crippen LogP contribution in [0.3, 0.4) is 0 Å². The number of methoxy groups -OCH3 is 1.